The molecule has 0 amide bonds. The summed E-state index contributed by atoms with van der Waals surface area (Å²) in [5.74, 6) is 0.0757. The van der Waals surface area contributed by atoms with Crippen molar-refractivity contribution >= 4 is 17.4 Å². The first-order valence-electron chi connectivity index (χ1n) is 6.52. The summed E-state index contributed by atoms with van der Waals surface area (Å²) in [6.45, 7) is 2.79. The predicted molar refractivity (Wildman–Crippen MR) is 80.2 cm³/mol. The number of nitrogens with one attached hydrogen (secondary N) is 1. The van der Waals surface area contributed by atoms with E-state index in [4.69, 9.17) is 17.3 Å². The fraction of sp³-hybridized carbons (Fsp3) is 0.267. The van der Waals surface area contributed by atoms with E-state index in [1.54, 1.807) is 24.3 Å². The van der Waals surface area contributed by atoms with Crippen LogP contribution in [-0.4, -0.2) is 11.5 Å². The van der Waals surface area contributed by atoms with Crippen LogP contribution < -0.4 is 11.1 Å². The lowest BCUT2D eigenvalue weighted by molar-refractivity contribution is 0.547. The summed E-state index contributed by atoms with van der Waals surface area (Å²) < 4.78 is 14.1. The van der Waals surface area contributed by atoms with E-state index in [9.17, 15) is 4.39 Å². The number of hydrogen-bond donors (Lipinski definition) is 2. The third-order valence-corrected chi connectivity index (χ3v) is 3.25. The zero-order valence-electron chi connectivity index (χ0n) is 11.2. The molecule has 0 fully saturated rings. The molecular formula is C15H17ClFN3. The molecule has 2 rings (SSSR count). The zero-order chi connectivity index (χ0) is 14.5. The highest BCUT2D eigenvalue weighted by Crippen LogP contribution is 2.29. The van der Waals surface area contributed by atoms with Crippen LogP contribution in [-0.2, 0) is 0 Å². The Morgan fingerprint density at radius 3 is 2.80 bits per heavy atom. The standard InChI is InChI=1S/C15H17ClFN3/c1-2-7-19-14(11-5-3-4-6-13(11)17)12-8-10(16)9-20-15(12)18/h3-6,8-9,14,19H,2,7H2,1H3,(H2,18,20). The third kappa shape index (κ3) is 3.26. The highest BCUT2D eigenvalue weighted by Gasteiger charge is 2.20. The molecule has 0 aliphatic heterocycles. The molecule has 1 aromatic carbocycles. The number of halogens is 2. The average molecular weight is 294 g/mol. The Morgan fingerprint density at radius 1 is 1.35 bits per heavy atom. The summed E-state index contributed by atoms with van der Waals surface area (Å²) in [6.07, 6.45) is 2.41. The molecule has 0 aliphatic rings. The second-order valence-electron chi connectivity index (χ2n) is 4.54. The Balaban J connectivity index is 2.47. The van der Waals surface area contributed by atoms with Crippen LogP contribution in [0.25, 0.3) is 0 Å². The molecule has 0 saturated carbocycles. The fourth-order valence-corrected chi connectivity index (χ4v) is 2.25. The summed E-state index contributed by atoms with van der Waals surface area (Å²) in [4.78, 5) is 4.05. The highest BCUT2D eigenvalue weighted by molar-refractivity contribution is 6.30. The van der Waals surface area contributed by atoms with Gasteiger partial charge in [0.1, 0.15) is 11.6 Å². The van der Waals surface area contributed by atoms with Gasteiger partial charge in [-0.05, 0) is 25.1 Å². The third-order valence-electron chi connectivity index (χ3n) is 3.04. The van der Waals surface area contributed by atoms with Gasteiger partial charge in [-0.3, -0.25) is 0 Å². The largest absolute Gasteiger partial charge is 0.383 e. The molecule has 1 unspecified atom stereocenters. The van der Waals surface area contributed by atoms with Crippen LogP contribution in [0.2, 0.25) is 5.02 Å². The zero-order valence-corrected chi connectivity index (χ0v) is 12.0. The number of aromatic nitrogens is 1. The van der Waals surface area contributed by atoms with Gasteiger partial charge in [0, 0.05) is 17.3 Å². The molecule has 0 bridgehead atoms. The van der Waals surface area contributed by atoms with E-state index in [-0.39, 0.29) is 11.9 Å². The molecular weight excluding hydrogens is 277 g/mol. The highest BCUT2D eigenvalue weighted by atomic mass is 35.5. The summed E-state index contributed by atoms with van der Waals surface area (Å²) in [6, 6.07) is 8.00. The monoisotopic (exact) mass is 293 g/mol. The number of nitrogens with two attached hydrogens (primary N) is 1. The van der Waals surface area contributed by atoms with Gasteiger partial charge in [-0.2, -0.15) is 0 Å². The Kier molecular flexibility index (Phi) is 4.93. The van der Waals surface area contributed by atoms with Crippen molar-refractivity contribution in [1.29, 1.82) is 0 Å². The smallest absolute Gasteiger partial charge is 0.128 e. The van der Waals surface area contributed by atoms with Crippen molar-refractivity contribution in [3.63, 3.8) is 0 Å². The molecule has 3 nitrogen and oxygen atoms in total. The first-order chi connectivity index (χ1) is 9.63. The lowest BCUT2D eigenvalue weighted by atomic mass is 9.98. The van der Waals surface area contributed by atoms with E-state index in [0.29, 0.717) is 22.0 Å². The van der Waals surface area contributed by atoms with Crippen molar-refractivity contribution in [3.05, 3.63) is 58.5 Å². The van der Waals surface area contributed by atoms with Gasteiger partial charge < -0.3 is 11.1 Å². The minimum absolute atomic E-state index is 0.277. The van der Waals surface area contributed by atoms with Crippen LogP contribution in [0.1, 0.15) is 30.5 Å². The van der Waals surface area contributed by atoms with Gasteiger partial charge in [0.05, 0.1) is 11.1 Å². The number of nitrogen functional groups attached to an aromatic ring is 1. The van der Waals surface area contributed by atoms with Crippen molar-refractivity contribution in [2.75, 3.05) is 12.3 Å². The second-order valence-corrected chi connectivity index (χ2v) is 4.97. The van der Waals surface area contributed by atoms with Crippen molar-refractivity contribution in [2.45, 2.75) is 19.4 Å². The van der Waals surface area contributed by atoms with Crippen LogP contribution in [0.3, 0.4) is 0 Å². The van der Waals surface area contributed by atoms with E-state index >= 15 is 0 Å². The van der Waals surface area contributed by atoms with E-state index in [0.717, 1.165) is 13.0 Å². The maximum Gasteiger partial charge on any atom is 0.128 e. The molecule has 0 aliphatic carbocycles. The van der Waals surface area contributed by atoms with Crippen LogP contribution >= 0.6 is 11.6 Å². The first-order valence-corrected chi connectivity index (χ1v) is 6.90. The summed E-state index contributed by atoms with van der Waals surface area (Å²) >= 11 is 5.98. The Bertz CT molecular complexity index is 589. The summed E-state index contributed by atoms with van der Waals surface area (Å²) in [5, 5.41) is 3.77. The van der Waals surface area contributed by atoms with Crippen LogP contribution in [0.5, 0.6) is 0 Å². The number of benzene rings is 1. The molecule has 0 saturated heterocycles. The molecule has 106 valence electrons. The minimum Gasteiger partial charge on any atom is -0.383 e. The van der Waals surface area contributed by atoms with Gasteiger partial charge in [0.2, 0.25) is 0 Å². The first kappa shape index (κ1) is 14.8. The van der Waals surface area contributed by atoms with Gasteiger partial charge in [-0.1, -0.05) is 36.7 Å². The molecule has 1 atom stereocenters. The summed E-state index contributed by atoms with van der Waals surface area (Å²) in [5.41, 5.74) is 7.15. The molecule has 1 heterocycles. The number of pyridine rings is 1. The molecule has 0 spiro atoms. The molecule has 1 aromatic heterocycles. The van der Waals surface area contributed by atoms with Gasteiger partial charge in [-0.15, -0.1) is 0 Å². The van der Waals surface area contributed by atoms with E-state index in [2.05, 4.69) is 10.3 Å². The molecule has 2 aromatic rings. The van der Waals surface area contributed by atoms with E-state index in [1.807, 2.05) is 6.92 Å². The van der Waals surface area contributed by atoms with Gasteiger partial charge in [-0.25, -0.2) is 9.37 Å². The van der Waals surface area contributed by atoms with Gasteiger partial charge in [0.25, 0.3) is 0 Å². The van der Waals surface area contributed by atoms with Crippen molar-refractivity contribution in [3.8, 4) is 0 Å². The maximum absolute atomic E-state index is 14.1. The van der Waals surface area contributed by atoms with E-state index < -0.39 is 0 Å². The summed E-state index contributed by atoms with van der Waals surface area (Å²) in [7, 11) is 0. The quantitative estimate of drug-likeness (QED) is 0.886. The Hall–Kier alpha value is -1.65. The average Bonchev–Trinajstić information content (AvgIpc) is 2.44. The van der Waals surface area contributed by atoms with E-state index in [1.165, 1.54) is 12.3 Å². The molecule has 20 heavy (non-hydrogen) atoms. The SMILES string of the molecule is CCCNC(c1ccccc1F)c1cc(Cl)cnc1N. The molecule has 5 heteroatoms. The molecule has 3 N–H and O–H groups in total. The predicted octanol–water partition coefficient (Wildman–Crippen LogP) is 3.55. The lowest BCUT2D eigenvalue weighted by Gasteiger charge is -2.21. The topological polar surface area (TPSA) is 50.9 Å². The van der Waals surface area contributed by atoms with Crippen molar-refractivity contribution < 1.29 is 4.39 Å². The number of rotatable bonds is 5. The lowest BCUT2D eigenvalue weighted by Crippen LogP contribution is -2.25. The van der Waals surface area contributed by atoms with Gasteiger partial charge >= 0.3 is 0 Å². The number of hydrogen-bond acceptors (Lipinski definition) is 3. The Labute approximate surface area is 123 Å². The maximum atomic E-state index is 14.1. The van der Waals surface area contributed by atoms with Crippen molar-refractivity contribution in [1.82, 2.24) is 10.3 Å². The van der Waals surface area contributed by atoms with Crippen molar-refractivity contribution in [2.24, 2.45) is 0 Å². The van der Waals surface area contributed by atoms with Crippen LogP contribution in [0.4, 0.5) is 10.2 Å². The fourth-order valence-electron chi connectivity index (χ4n) is 2.08. The Morgan fingerprint density at radius 2 is 2.10 bits per heavy atom. The van der Waals surface area contributed by atoms with Crippen LogP contribution in [0.15, 0.2) is 36.5 Å². The second kappa shape index (κ2) is 6.68. The van der Waals surface area contributed by atoms with Crippen LogP contribution in [0, 0.1) is 5.82 Å². The minimum atomic E-state index is -0.359. The normalized spacial score (nSPS) is 12.3. The molecule has 0 radical (unpaired) electrons. The van der Waals surface area contributed by atoms with Gasteiger partial charge in [0.15, 0.2) is 0 Å². The number of anilines is 1. The number of nitrogens with zero attached hydrogens (tertiary/aromatic N) is 1.